The van der Waals surface area contributed by atoms with E-state index in [2.05, 4.69) is 0 Å². The molecule has 3 heteroatoms. The lowest BCUT2D eigenvalue weighted by molar-refractivity contribution is -0.116. The second kappa shape index (κ2) is 3.50. The van der Waals surface area contributed by atoms with E-state index >= 15 is 0 Å². The number of hydrogen-bond donors (Lipinski definition) is 1. The average molecular weight is 184 g/mol. The van der Waals surface area contributed by atoms with Crippen LogP contribution in [0.2, 0.25) is 0 Å². The van der Waals surface area contributed by atoms with Crippen molar-refractivity contribution in [2.75, 3.05) is 7.11 Å². The summed E-state index contributed by atoms with van der Waals surface area (Å²) in [5, 5.41) is 9.80. The number of ether oxygens (including phenoxy) is 1. The Morgan fingerprint density at radius 3 is 2.69 bits per heavy atom. The van der Waals surface area contributed by atoms with Crippen LogP contribution in [0.4, 0.5) is 0 Å². The molecule has 74 valence electrons. The Morgan fingerprint density at radius 2 is 2.23 bits per heavy atom. The third-order valence-corrected chi connectivity index (χ3v) is 2.41. The van der Waals surface area contributed by atoms with E-state index in [1.165, 1.54) is 13.2 Å². The van der Waals surface area contributed by atoms with E-state index in [0.29, 0.717) is 18.6 Å². The van der Waals surface area contributed by atoms with Crippen LogP contribution in [-0.2, 0) is 9.53 Å². The maximum Gasteiger partial charge on any atom is 0.159 e. The van der Waals surface area contributed by atoms with Gasteiger partial charge in [-0.05, 0) is 20.3 Å². The summed E-state index contributed by atoms with van der Waals surface area (Å²) in [5.41, 5.74) is -0.817. The first kappa shape index (κ1) is 10.3. The molecular weight excluding hydrogens is 168 g/mol. The molecule has 1 aliphatic rings. The molecule has 0 radical (unpaired) electrons. The zero-order valence-corrected chi connectivity index (χ0v) is 8.33. The first-order chi connectivity index (χ1) is 5.95. The first-order valence-corrected chi connectivity index (χ1v) is 4.46. The lowest BCUT2D eigenvalue weighted by atomic mass is 9.81. The highest BCUT2D eigenvalue weighted by molar-refractivity contribution is 5.91. The number of ketones is 1. The lowest BCUT2D eigenvalue weighted by Crippen LogP contribution is -2.35. The van der Waals surface area contributed by atoms with Gasteiger partial charge in [0.25, 0.3) is 0 Å². The second-order valence-corrected chi connectivity index (χ2v) is 3.96. The summed E-state index contributed by atoms with van der Waals surface area (Å²) < 4.78 is 5.08. The van der Waals surface area contributed by atoms with Gasteiger partial charge in [-0.3, -0.25) is 4.79 Å². The summed E-state index contributed by atoms with van der Waals surface area (Å²) in [4.78, 5) is 11.1. The number of carbonyl (C=O) groups is 1. The number of allylic oxidation sites excluding steroid dienone is 1. The molecule has 0 saturated heterocycles. The van der Waals surface area contributed by atoms with Crippen molar-refractivity contribution in [3.63, 3.8) is 0 Å². The van der Waals surface area contributed by atoms with E-state index in [0.717, 1.165) is 0 Å². The second-order valence-electron chi connectivity index (χ2n) is 3.96. The highest BCUT2D eigenvalue weighted by atomic mass is 16.5. The molecule has 13 heavy (non-hydrogen) atoms. The Labute approximate surface area is 78.4 Å². The molecule has 0 aromatic heterocycles. The monoisotopic (exact) mass is 184 g/mol. The number of carbonyl (C=O) groups excluding carboxylic acids is 1. The molecule has 0 aliphatic heterocycles. The van der Waals surface area contributed by atoms with Gasteiger partial charge in [0.15, 0.2) is 5.78 Å². The number of aliphatic hydroxyl groups is 1. The highest BCUT2D eigenvalue weighted by Crippen LogP contribution is 2.32. The quantitative estimate of drug-likeness (QED) is 0.703. The van der Waals surface area contributed by atoms with Crippen molar-refractivity contribution in [1.82, 2.24) is 0 Å². The molecule has 1 atom stereocenters. The Balaban J connectivity index is 2.88. The average Bonchev–Trinajstić information content (AvgIpc) is 2.01. The van der Waals surface area contributed by atoms with E-state index in [1.54, 1.807) is 13.8 Å². The summed E-state index contributed by atoms with van der Waals surface area (Å²) in [7, 11) is 1.53. The fourth-order valence-electron chi connectivity index (χ4n) is 1.66. The fourth-order valence-corrected chi connectivity index (χ4v) is 1.66. The van der Waals surface area contributed by atoms with E-state index in [-0.39, 0.29) is 11.7 Å². The molecular formula is C10H16O3. The molecule has 0 aromatic carbocycles. The van der Waals surface area contributed by atoms with Gasteiger partial charge in [-0.15, -0.1) is 0 Å². The molecule has 1 rings (SSSR count). The van der Waals surface area contributed by atoms with Gasteiger partial charge in [-0.25, -0.2) is 0 Å². The van der Waals surface area contributed by atoms with E-state index in [1.807, 2.05) is 0 Å². The Hall–Kier alpha value is -0.830. The molecule has 0 aromatic rings. The van der Waals surface area contributed by atoms with E-state index in [9.17, 15) is 9.90 Å². The van der Waals surface area contributed by atoms with Gasteiger partial charge in [-0.2, -0.15) is 0 Å². The molecule has 0 bridgehead atoms. The van der Waals surface area contributed by atoms with Gasteiger partial charge >= 0.3 is 0 Å². The van der Waals surface area contributed by atoms with Crippen LogP contribution in [0.15, 0.2) is 11.8 Å². The standard InChI is InChI=1S/C10H16O3/c1-10(2,12)8-5-4-7(11)6-9(8)13-3/h6,8,12H,4-5H2,1-3H3/t8-/m1/s1. The molecule has 1 aliphatic carbocycles. The van der Waals surface area contributed by atoms with Gasteiger partial charge < -0.3 is 9.84 Å². The molecule has 0 amide bonds. The summed E-state index contributed by atoms with van der Waals surface area (Å²) in [6.07, 6.45) is 2.66. The third kappa shape index (κ3) is 2.31. The lowest BCUT2D eigenvalue weighted by Gasteiger charge is -2.32. The van der Waals surface area contributed by atoms with Crippen LogP contribution in [0.1, 0.15) is 26.7 Å². The van der Waals surface area contributed by atoms with Crippen molar-refractivity contribution < 1.29 is 14.6 Å². The van der Waals surface area contributed by atoms with Crippen LogP contribution in [0.5, 0.6) is 0 Å². The normalized spacial score (nSPS) is 24.2. The van der Waals surface area contributed by atoms with Gasteiger partial charge in [0.1, 0.15) is 5.76 Å². The minimum absolute atomic E-state index is 0.0600. The smallest absolute Gasteiger partial charge is 0.159 e. The minimum atomic E-state index is -0.817. The topological polar surface area (TPSA) is 46.5 Å². The molecule has 3 nitrogen and oxygen atoms in total. The maximum absolute atomic E-state index is 11.1. The van der Waals surface area contributed by atoms with Crippen LogP contribution in [0.25, 0.3) is 0 Å². The number of hydrogen-bond acceptors (Lipinski definition) is 3. The minimum Gasteiger partial charge on any atom is -0.501 e. The molecule has 0 saturated carbocycles. The van der Waals surface area contributed by atoms with Crippen molar-refractivity contribution in [2.24, 2.45) is 5.92 Å². The molecule has 0 heterocycles. The van der Waals surface area contributed by atoms with Crippen LogP contribution < -0.4 is 0 Å². The van der Waals surface area contributed by atoms with Crippen LogP contribution >= 0.6 is 0 Å². The van der Waals surface area contributed by atoms with Gasteiger partial charge in [0.2, 0.25) is 0 Å². The molecule has 0 unspecified atom stereocenters. The Bertz CT molecular complexity index is 235. The number of methoxy groups -OCH3 is 1. The first-order valence-electron chi connectivity index (χ1n) is 4.46. The molecule has 0 fully saturated rings. The van der Waals surface area contributed by atoms with Gasteiger partial charge in [0, 0.05) is 18.4 Å². The summed E-state index contributed by atoms with van der Waals surface area (Å²) in [5.74, 6) is 0.622. The molecule has 0 spiro atoms. The SMILES string of the molecule is COC1=CC(=O)CC[C@H]1C(C)(C)O. The predicted octanol–water partition coefficient (Wildman–Crippen LogP) is 1.27. The van der Waals surface area contributed by atoms with Crippen molar-refractivity contribution >= 4 is 5.78 Å². The van der Waals surface area contributed by atoms with Crippen molar-refractivity contribution in [2.45, 2.75) is 32.3 Å². The van der Waals surface area contributed by atoms with Crippen LogP contribution in [0, 0.1) is 5.92 Å². The summed E-state index contributed by atoms with van der Waals surface area (Å²) in [6, 6.07) is 0. The van der Waals surface area contributed by atoms with Gasteiger partial charge in [0.05, 0.1) is 12.7 Å². The predicted molar refractivity (Wildman–Crippen MR) is 49.1 cm³/mol. The van der Waals surface area contributed by atoms with Crippen LogP contribution in [-0.4, -0.2) is 23.6 Å². The molecule has 1 N–H and O–H groups in total. The van der Waals surface area contributed by atoms with E-state index in [4.69, 9.17) is 4.74 Å². The van der Waals surface area contributed by atoms with Crippen LogP contribution in [0.3, 0.4) is 0 Å². The Kier molecular flexibility index (Phi) is 2.76. The third-order valence-electron chi connectivity index (χ3n) is 2.41. The largest absolute Gasteiger partial charge is 0.501 e. The summed E-state index contributed by atoms with van der Waals surface area (Å²) in [6.45, 7) is 3.47. The highest BCUT2D eigenvalue weighted by Gasteiger charge is 2.34. The van der Waals surface area contributed by atoms with Crippen molar-refractivity contribution in [1.29, 1.82) is 0 Å². The summed E-state index contributed by atoms with van der Waals surface area (Å²) >= 11 is 0. The van der Waals surface area contributed by atoms with Gasteiger partial charge in [-0.1, -0.05) is 0 Å². The maximum atomic E-state index is 11.1. The number of rotatable bonds is 2. The van der Waals surface area contributed by atoms with Crippen molar-refractivity contribution in [3.8, 4) is 0 Å². The van der Waals surface area contributed by atoms with E-state index < -0.39 is 5.60 Å². The van der Waals surface area contributed by atoms with Crippen molar-refractivity contribution in [3.05, 3.63) is 11.8 Å². The zero-order valence-electron chi connectivity index (χ0n) is 8.33. The Morgan fingerprint density at radius 1 is 1.62 bits per heavy atom. The zero-order chi connectivity index (χ0) is 10.1. The fraction of sp³-hybridized carbons (Fsp3) is 0.700.